The van der Waals surface area contributed by atoms with Crippen LogP contribution in [0.1, 0.15) is 12.0 Å². The minimum atomic E-state index is -4.36. The zero-order valence-corrected chi connectivity index (χ0v) is 9.02. The van der Waals surface area contributed by atoms with Crippen LogP contribution in [0.2, 0.25) is 0 Å². The molecule has 0 aromatic heterocycles. The first-order valence-electron chi connectivity index (χ1n) is 5.42. The van der Waals surface area contributed by atoms with Crippen molar-refractivity contribution >= 4 is 0 Å². The summed E-state index contributed by atoms with van der Waals surface area (Å²) >= 11 is 0. The second-order valence-corrected chi connectivity index (χ2v) is 4.15. The number of halogens is 3. The fourth-order valence-corrected chi connectivity index (χ4v) is 1.80. The van der Waals surface area contributed by atoms with E-state index in [4.69, 9.17) is 0 Å². The molecule has 1 saturated heterocycles. The van der Waals surface area contributed by atoms with E-state index in [1.807, 2.05) is 30.3 Å². The normalized spacial score (nSPS) is 25.6. The molecule has 0 bridgehead atoms. The van der Waals surface area contributed by atoms with E-state index in [2.05, 4.69) is 4.74 Å². The molecular weight excluding hydrogens is 233 g/mol. The molecule has 1 aromatic rings. The summed E-state index contributed by atoms with van der Waals surface area (Å²) in [5, 5.41) is 9.56. The molecule has 17 heavy (non-hydrogen) atoms. The lowest BCUT2D eigenvalue weighted by molar-refractivity contribution is -0.146. The third kappa shape index (κ3) is 3.20. The predicted octanol–water partition coefficient (Wildman–Crippen LogP) is 2.31. The molecule has 0 amide bonds. The molecule has 1 heterocycles. The van der Waals surface area contributed by atoms with Gasteiger partial charge in [-0.25, -0.2) is 0 Å². The average Bonchev–Trinajstić information content (AvgIpc) is 3.06. The summed E-state index contributed by atoms with van der Waals surface area (Å²) in [6.07, 6.45) is -7.46. The van der Waals surface area contributed by atoms with E-state index in [0.29, 0.717) is 6.42 Å². The smallest absolute Gasteiger partial charge is 0.390 e. The summed E-state index contributed by atoms with van der Waals surface area (Å²) in [6.45, 7) is 0. The molecule has 0 unspecified atom stereocenters. The van der Waals surface area contributed by atoms with Gasteiger partial charge in [0.15, 0.2) is 6.10 Å². The maximum absolute atomic E-state index is 12.2. The van der Waals surface area contributed by atoms with E-state index >= 15 is 0 Å². The highest BCUT2D eigenvalue weighted by atomic mass is 19.4. The van der Waals surface area contributed by atoms with E-state index < -0.39 is 24.5 Å². The highest BCUT2D eigenvalue weighted by Crippen LogP contribution is 2.40. The molecule has 1 aliphatic rings. The second kappa shape index (κ2) is 4.66. The Bertz CT molecular complexity index is 364. The molecule has 2 nitrogen and oxygen atoms in total. The lowest BCUT2D eigenvalue weighted by atomic mass is 10.0. The van der Waals surface area contributed by atoms with Gasteiger partial charge >= 0.3 is 6.18 Å². The first-order chi connectivity index (χ1) is 7.98. The van der Waals surface area contributed by atoms with Crippen LogP contribution in [0.15, 0.2) is 30.3 Å². The molecular formula is C12H13F3O2. The number of rotatable bonds is 4. The van der Waals surface area contributed by atoms with Crippen molar-refractivity contribution in [3.05, 3.63) is 35.9 Å². The zero-order chi connectivity index (χ0) is 12.5. The van der Waals surface area contributed by atoms with Crippen LogP contribution in [0.5, 0.6) is 0 Å². The van der Waals surface area contributed by atoms with Crippen molar-refractivity contribution in [2.45, 2.75) is 37.3 Å². The fraction of sp³-hybridized carbons (Fsp3) is 0.500. The summed E-state index contributed by atoms with van der Waals surface area (Å²) in [6, 6.07) is 9.33. The first kappa shape index (κ1) is 12.4. The summed E-state index contributed by atoms with van der Waals surface area (Å²) in [5.41, 5.74) is 0.996. The molecule has 1 N–H and O–H groups in total. The van der Waals surface area contributed by atoms with Crippen LogP contribution in [-0.2, 0) is 11.2 Å². The number of hydrogen-bond donors (Lipinski definition) is 1. The molecule has 0 radical (unpaired) electrons. The topological polar surface area (TPSA) is 32.8 Å². The minimum absolute atomic E-state index is 0.279. The van der Waals surface area contributed by atoms with Crippen LogP contribution in [0.4, 0.5) is 13.2 Å². The van der Waals surface area contributed by atoms with Gasteiger partial charge in [-0.2, -0.15) is 13.2 Å². The van der Waals surface area contributed by atoms with Crippen LogP contribution >= 0.6 is 0 Å². The van der Waals surface area contributed by atoms with Gasteiger partial charge in [0, 0.05) is 0 Å². The van der Waals surface area contributed by atoms with Crippen molar-refractivity contribution < 1.29 is 23.0 Å². The summed E-state index contributed by atoms with van der Waals surface area (Å²) < 4.78 is 41.0. The predicted molar refractivity (Wildman–Crippen MR) is 55.5 cm³/mol. The quantitative estimate of drug-likeness (QED) is 0.827. The van der Waals surface area contributed by atoms with E-state index in [-0.39, 0.29) is 6.42 Å². The molecule has 0 spiro atoms. The van der Waals surface area contributed by atoms with Gasteiger partial charge in [-0.1, -0.05) is 30.3 Å². The highest BCUT2D eigenvalue weighted by molar-refractivity contribution is 5.15. The molecule has 3 atom stereocenters. The second-order valence-electron chi connectivity index (χ2n) is 4.15. The Balaban J connectivity index is 1.78. The molecule has 0 aliphatic carbocycles. The van der Waals surface area contributed by atoms with Gasteiger partial charge in [0.2, 0.25) is 0 Å². The van der Waals surface area contributed by atoms with Gasteiger partial charge in [0.25, 0.3) is 0 Å². The van der Waals surface area contributed by atoms with Gasteiger partial charge in [0.05, 0.1) is 6.10 Å². The number of alkyl halides is 3. The van der Waals surface area contributed by atoms with Crippen LogP contribution < -0.4 is 0 Å². The largest absolute Gasteiger partial charge is 0.417 e. The first-order valence-corrected chi connectivity index (χ1v) is 5.42. The van der Waals surface area contributed by atoms with Crippen molar-refractivity contribution in [3.63, 3.8) is 0 Å². The third-order valence-corrected chi connectivity index (χ3v) is 2.80. The van der Waals surface area contributed by atoms with E-state index in [9.17, 15) is 18.3 Å². The molecule has 94 valence electrons. The Morgan fingerprint density at radius 2 is 1.88 bits per heavy atom. The molecule has 2 rings (SSSR count). The molecule has 0 saturated carbocycles. The van der Waals surface area contributed by atoms with E-state index in [1.54, 1.807) is 0 Å². The van der Waals surface area contributed by atoms with Gasteiger partial charge in [0.1, 0.15) is 6.10 Å². The highest BCUT2D eigenvalue weighted by Gasteiger charge is 2.60. The van der Waals surface area contributed by atoms with Crippen molar-refractivity contribution in [1.29, 1.82) is 0 Å². The lowest BCUT2D eigenvalue weighted by Crippen LogP contribution is -2.25. The SMILES string of the molecule is O[C@H](CCc1ccccc1)[C@H]1O[C@@H]1C(F)(F)F. The van der Waals surface area contributed by atoms with Crippen molar-refractivity contribution in [3.8, 4) is 0 Å². The Morgan fingerprint density at radius 1 is 1.24 bits per heavy atom. The number of benzene rings is 1. The number of aliphatic hydroxyl groups is 1. The fourth-order valence-electron chi connectivity index (χ4n) is 1.80. The standard InChI is InChI=1S/C12H13F3O2/c13-12(14,15)11-10(17-11)9(16)7-6-8-4-2-1-3-5-8/h1-5,9-11,16H,6-7H2/t9-,10-,11+/m1/s1. The van der Waals surface area contributed by atoms with Crippen LogP contribution in [0.3, 0.4) is 0 Å². The summed E-state index contributed by atoms with van der Waals surface area (Å²) in [4.78, 5) is 0. The van der Waals surface area contributed by atoms with Gasteiger partial charge in [-0.3, -0.25) is 0 Å². The van der Waals surface area contributed by atoms with Crippen LogP contribution in [-0.4, -0.2) is 29.6 Å². The molecule has 5 heteroatoms. The van der Waals surface area contributed by atoms with Crippen molar-refractivity contribution in [2.24, 2.45) is 0 Å². The number of aryl methyl sites for hydroxylation is 1. The monoisotopic (exact) mass is 246 g/mol. The number of ether oxygens (including phenoxy) is 1. The Kier molecular flexibility index (Phi) is 3.40. The Hall–Kier alpha value is -1.07. The van der Waals surface area contributed by atoms with Gasteiger partial charge < -0.3 is 9.84 Å². The van der Waals surface area contributed by atoms with Crippen LogP contribution in [0, 0.1) is 0 Å². The van der Waals surface area contributed by atoms with E-state index in [1.165, 1.54) is 0 Å². The lowest BCUT2D eigenvalue weighted by Gasteiger charge is -2.08. The number of epoxide rings is 1. The summed E-state index contributed by atoms with van der Waals surface area (Å²) in [7, 11) is 0. The summed E-state index contributed by atoms with van der Waals surface area (Å²) in [5.74, 6) is 0. The number of aliphatic hydroxyl groups excluding tert-OH is 1. The minimum Gasteiger partial charge on any atom is -0.390 e. The zero-order valence-electron chi connectivity index (χ0n) is 9.02. The molecule has 1 fully saturated rings. The average molecular weight is 246 g/mol. The molecule has 1 aromatic carbocycles. The number of hydrogen-bond acceptors (Lipinski definition) is 2. The maximum atomic E-state index is 12.2. The third-order valence-electron chi connectivity index (χ3n) is 2.80. The van der Waals surface area contributed by atoms with Crippen molar-refractivity contribution in [2.75, 3.05) is 0 Å². The van der Waals surface area contributed by atoms with Crippen molar-refractivity contribution in [1.82, 2.24) is 0 Å². The Morgan fingerprint density at radius 3 is 2.41 bits per heavy atom. The maximum Gasteiger partial charge on any atom is 0.417 e. The molecule has 1 aliphatic heterocycles. The van der Waals surface area contributed by atoms with Crippen LogP contribution in [0.25, 0.3) is 0 Å². The Labute approximate surface area is 97.0 Å². The van der Waals surface area contributed by atoms with E-state index in [0.717, 1.165) is 5.56 Å². The van der Waals surface area contributed by atoms with Gasteiger partial charge in [-0.15, -0.1) is 0 Å². The van der Waals surface area contributed by atoms with Gasteiger partial charge in [-0.05, 0) is 18.4 Å².